The first-order valence-electron chi connectivity index (χ1n) is 7.99. The Kier molecular flexibility index (Phi) is 5.46. The summed E-state index contributed by atoms with van der Waals surface area (Å²) in [5.74, 6) is -5.51. The second-order valence-corrected chi connectivity index (χ2v) is 6.85. The molecule has 9 heteroatoms. The summed E-state index contributed by atoms with van der Waals surface area (Å²) in [6, 6.07) is 4.97. The number of urea groups is 1. The van der Waals surface area contributed by atoms with Crippen LogP contribution in [0.15, 0.2) is 29.6 Å². The molecule has 2 heterocycles. The highest BCUT2D eigenvalue weighted by molar-refractivity contribution is 7.14. The zero-order valence-corrected chi connectivity index (χ0v) is 14.4. The summed E-state index contributed by atoms with van der Waals surface area (Å²) in [5, 5.41) is 7.55. The van der Waals surface area contributed by atoms with Gasteiger partial charge in [0.05, 0.1) is 16.6 Å². The Labute approximate surface area is 151 Å². The Morgan fingerprint density at radius 3 is 2.65 bits per heavy atom. The predicted molar refractivity (Wildman–Crippen MR) is 92.6 cm³/mol. The average molecular weight is 383 g/mol. The normalized spacial score (nSPS) is 17.0. The van der Waals surface area contributed by atoms with E-state index in [9.17, 15) is 22.8 Å². The molecule has 0 saturated carbocycles. The molecule has 1 aliphatic rings. The summed E-state index contributed by atoms with van der Waals surface area (Å²) >= 11 is 1.38. The van der Waals surface area contributed by atoms with Crippen LogP contribution in [-0.2, 0) is 4.79 Å². The van der Waals surface area contributed by atoms with Crippen LogP contribution < -0.4 is 10.6 Å². The van der Waals surface area contributed by atoms with E-state index >= 15 is 0 Å². The van der Waals surface area contributed by atoms with Crippen molar-refractivity contribution in [1.29, 1.82) is 0 Å². The van der Waals surface area contributed by atoms with Crippen LogP contribution in [0.2, 0.25) is 0 Å². The number of halogens is 3. The third-order valence-corrected chi connectivity index (χ3v) is 4.91. The van der Waals surface area contributed by atoms with Gasteiger partial charge in [0.15, 0.2) is 17.5 Å². The quantitative estimate of drug-likeness (QED) is 0.786. The molecule has 1 atom stereocenters. The number of thiophene rings is 1. The number of amides is 3. The van der Waals surface area contributed by atoms with Crippen molar-refractivity contribution in [2.24, 2.45) is 5.92 Å². The molecule has 0 aliphatic carbocycles. The third kappa shape index (κ3) is 3.98. The van der Waals surface area contributed by atoms with Crippen LogP contribution in [0.4, 0.5) is 28.7 Å². The fourth-order valence-corrected chi connectivity index (χ4v) is 3.37. The molecule has 3 amide bonds. The summed E-state index contributed by atoms with van der Waals surface area (Å²) in [4.78, 5) is 26.1. The lowest BCUT2D eigenvalue weighted by atomic mass is 9.97. The predicted octanol–water partition coefficient (Wildman–Crippen LogP) is 4.05. The van der Waals surface area contributed by atoms with Gasteiger partial charge in [-0.2, -0.15) is 0 Å². The van der Waals surface area contributed by atoms with E-state index in [4.69, 9.17) is 0 Å². The first kappa shape index (κ1) is 18.2. The van der Waals surface area contributed by atoms with Crippen molar-refractivity contribution in [3.8, 4) is 0 Å². The monoisotopic (exact) mass is 383 g/mol. The molecule has 1 aromatic carbocycles. The number of carbonyl (C=O) groups excluding carboxylic acids is 2. The first-order chi connectivity index (χ1) is 12.5. The molecule has 1 fully saturated rings. The lowest BCUT2D eigenvalue weighted by Gasteiger charge is -2.31. The van der Waals surface area contributed by atoms with Gasteiger partial charge in [0.1, 0.15) is 0 Å². The number of carbonyl (C=O) groups is 2. The summed E-state index contributed by atoms with van der Waals surface area (Å²) in [5.41, 5.74) is -0.422. The Balaban J connectivity index is 1.63. The van der Waals surface area contributed by atoms with Crippen molar-refractivity contribution in [1.82, 2.24) is 4.90 Å². The molecule has 1 unspecified atom stereocenters. The van der Waals surface area contributed by atoms with Gasteiger partial charge in [-0.25, -0.2) is 18.0 Å². The Morgan fingerprint density at radius 1 is 1.12 bits per heavy atom. The van der Waals surface area contributed by atoms with E-state index in [0.29, 0.717) is 24.4 Å². The lowest BCUT2D eigenvalue weighted by molar-refractivity contribution is -0.121. The minimum atomic E-state index is -1.64. The average Bonchev–Trinajstić information content (AvgIpc) is 3.15. The van der Waals surface area contributed by atoms with Crippen LogP contribution >= 0.6 is 11.3 Å². The highest BCUT2D eigenvalue weighted by Crippen LogP contribution is 2.24. The van der Waals surface area contributed by atoms with Gasteiger partial charge >= 0.3 is 6.03 Å². The number of piperidine rings is 1. The van der Waals surface area contributed by atoms with Crippen molar-refractivity contribution < 1.29 is 22.8 Å². The number of hydrogen-bond donors (Lipinski definition) is 2. The summed E-state index contributed by atoms with van der Waals surface area (Å²) in [6.07, 6.45) is 1.12. The van der Waals surface area contributed by atoms with Gasteiger partial charge in [-0.05, 0) is 42.5 Å². The van der Waals surface area contributed by atoms with Crippen LogP contribution in [0, 0.1) is 23.4 Å². The smallest absolute Gasteiger partial charge is 0.322 e. The molecule has 2 N–H and O–H groups in total. The van der Waals surface area contributed by atoms with Gasteiger partial charge in [-0.3, -0.25) is 10.1 Å². The van der Waals surface area contributed by atoms with E-state index in [1.165, 1.54) is 16.2 Å². The molecule has 1 aliphatic heterocycles. The summed E-state index contributed by atoms with van der Waals surface area (Å²) < 4.78 is 39.9. The maximum absolute atomic E-state index is 13.7. The van der Waals surface area contributed by atoms with Crippen LogP contribution in [0.1, 0.15) is 12.8 Å². The van der Waals surface area contributed by atoms with Gasteiger partial charge in [-0.1, -0.05) is 0 Å². The zero-order valence-electron chi connectivity index (χ0n) is 13.6. The van der Waals surface area contributed by atoms with Crippen molar-refractivity contribution in [3.63, 3.8) is 0 Å². The van der Waals surface area contributed by atoms with Gasteiger partial charge in [0, 0.05) is 13.1 Å². The molecule has 1 saturated heterocycles. The maximum Gasteiger partial charge on any atom is 0.322 e. The molecule has 0 radical (unpaired) electrons. The summed E-state index contributed by atoms with van der Waals surface area (Å²) in [7, 11) is 0. The molecule has 5 nitrogen and oxygen atoms in total. The second-order valence-electron chi connectivity index (χ2n) is 5.90. The minimum absolute atomic E-state index is 0.161. The van der Waals surface area contributed by atoms with Crippen molar-refractivity contribution in [2.45, 2.75) is 12.8 Å². The fraction of sp³-hybridized carbons (Fsp3) is 0.294. The van der Waals surface area contributed by atoms with E-state index in [-0.39, 0.29) is 12.6 Å². The topological polar surface area (TPSA) is 61.4 Å². The standard InChI is InChI=1S/C17H16F3N3O2S/c18-11-5-6-12(15(20)14(11)19)21-16(24)10-3-1-7-23(9-10)17(25)22-13-4-2-8-26-13/h2,4-6,8,10H,1,3,7,9H2,(H,21,24)(H,22,25). The van der Waals surface area contributed by atoms with Gasteiger partial charge in [0.2, 0.25) is 5.91 Å². The van der Waals surface area contributed by atoms with Crippen LogP contribution in [0.5, 0.6) is 0 Å². The van der Waals surface area contributed by atoms with E-state index in [0.717, 1.165) is 12.1 Å². The van der Waals surface area contributed by atoms with E-state index < -0.39 is 35.0 Å². The molecule has 3 rings (SSSR count). The largest absolute Gasteiger partial charge is 0.324 e. The molecule has 1 aromatic heterocycles. The highest BCUT2D eigenvalue weighted by Gasteiger charge is 2.29. The number of likely N-dealkylation sites (tertiary alicyclic amines) is 1. The second kappa shape index (κ2) is 7.77. The van der Waals surface area contributed by atoms with Gasteiger partial charge in [-0.15, -0.1) is 11.3 Å². The molecular formula is C17H16F3N3O2S. The number of rotatable bonds is 3. The number of nitrogens with one attached hydrogen (secondary N) is 2. The zero-order chi connectivity index (χ0) is 18.7. The maximum atomic E-state index is 13.7. The Bertz CT molecular complexity index is 814. The minimum Gasteiger partial charge on any atom is -0.324 e. The van der Waals surface area contributed by atoms with Crippen LogP contribution in [0.25, 0.3) is 0 Å². The molecule has 138 valence electrons. The number of hydrogen-bond acceptors (Lipinski definition) is 3. The van der Waals surface area contributed by atoms with E-state index in [1.807, 2.05) is 11.4 Å². The number of anilines is 2. The van der Waals surface area contributed by atoms with E-state index in [1.54, 1.807) is 6.07 Å². The van der Waals surface area contributed by atoms with E-state index in [2.05, 4.69) is 10.6 Å². The van der Waals surface area contributed by atoms with Crippen LogP contribution in [0.3, 0.4) is 0 Å². The SMILES string of the molecule is O=C(Nc1ccc(F)c(F)c1F)C1CCCN(C(=O)Nc2cccs2)C1. The van der Waals surface area contributed by atoms with Crippen molar-refractivity contribution in [2.75, 3.05) is 23.7 Å². The molecule has 26 heavy (non-hydrogen) atoms. The Hall–Kier alpha value is -2.55. The lowest BCUT2D eigenvalue weighted by Crippen LogP contribution is -2.45. The van der Waals surface area contributed by atoms with Crippen LogP contribution in [-0.4, -0.2) is 29.9 Å². The molecule has 0 bridgehead atoms. The molecular weight excluding hydrogens is 367 g/mol. The number of benzene rings is 1. The summed E-state index contributed by atoms with van der Waals surface area (Å²) in [6.45, 7) is 0.662. The van der Waals surface area contributed by atoms with Crippen molar-refractivity contribution in [3.05, 3.63) is 47.1 Å². The number of nitrogens with zero attached hydrogens (tertiary/aromatic N) is 1. The van der Waals surface area contributed by atoms with Gasteiger partial charge in [0.25, 0.3) is 0 Å². The molecule has 0 spiro atoms. The highest BCUT2D eigenvalue weighted by atomic mass is 32.1. The van der Waals surface area contributed by atoms with Gasteiger partial charge < -0.3 is 10.2 Å². The molecule has 2 aromatic rings. The Morgan fingerprint density at radius 2 is 1.92 bits per heavy atom. The van der Waals surface area contributed by atoms with Crippen molar-refractivity contribution >= 4 is 34.0 Å². The first-order valence-corrected chi connectivity index (χ1v) is 8.87. The third-order valence-electron chi connectivity index (χ3n) is 4.12. The fourth-order valence-electron chi connectivity index (χ4n) is 2.77.